The van der Waals surface area contributed by atoms with E-state index in [1.54, 1.807) is 42.5 Å². The van der Waals surface area contributed by atoms with E-state index in [9.17, 15) is 9.59 Å². The van der Waals surface area contributed by atoms with Gasteiger partial charge in [-0.3, -0.25) is 9.59 Å². The number of hydrogen-bond acceptors (Lipinski definition) is 4. The smallest absolute Gasteiger partial charge is 0.244 e. The zero-order valence-electron chi connectivity index (χ0n) is 13.5. The topological polar surface area (TPSA) is 80.6 Å². The van der Waals surface area contributed by atoms with Crippen LogP contribution in [0.4, 0.5) is 0 Å². The van der Waals surface area contributed by atoms with E-state index in [1.807, 2.05) is 0 Å². The number of ether oxygens (including phenoxy) is 1. The Balaban J connectivity index is 1.53. The fraction of sp³-hybridized carbons (Fsp3) is 0.222. The number of nitrogens with one attached hydrogen (secondary N) is 2. The first kappa shape index (κ1) is 18.6. The number of furan rings is 1. The highest BCUT2D eigenvalue weighted by Gasteiger charge is 2.02. The molecule has 0 unspecified atom stereocenters. The molecule has 0 bridgehead atoms. The molecule has 0 atom stereocenters. The third-order valence-corrected chi connectivity index (χ3v) is 3.35. The van der Waals surface area contributed by atoms with Crippen LogP contribution in [0.1, 0.15) is 12.2 Å². The molecule has 2 amide bonds. The van der Waals surface area contributed by atoms with Crippen molar-refractivity contribution >= 4 is 29.5 Å². The highest BCUT2D eigenvalue weighted by molar-refractivity contribution is 6.30. The summed E-state index contributed by atoms with van der Waals surface area (Å²) in [5.41, 5.74) is 0. The summed E-state index contributed by atoms with van der Waals surface area (Å²) in [6.45, 7) is 0.991. The Morgan fingerprint density at radius 1 is 1.12 bits per heavy atom. The van der Waals surface area contributed by atoms with Crippen molar-refractivity contribution in [3.05, 3.63) is 59.5 Å². The van der Waals surface area contributed by atoms with Crippen molar-refractivity contribution in [2.45, 2.75) is 6.42 Å². The summed E-state index contributed by atoms with van der Waals surface area (Å²) < 4.78 is 10.5. The van der Waals surface area contributed by atoms with Gasteiger partial charge < -0.3 is 19.8 Å². The van der Waals surface area contributed by atoms with Gasteiger partial charge in [0.2, 0.25) is 11.8 Å². The first-order valence-corrected chi connectivity index (χ1v) is 8.16. The maximum Gasteiger partial charge on any atom is 0.244 e. The van der Waals surface area contributed by atoms with Gasteiger partial charge in [0, 0.05) is 24.1 Å². The number of carbonyl (C=O) groups excluding carboxylic acids is 2. The van der Waals surface area contributed by atoms with E-state index in [4.69, 9.17) is 20.8 Å². The second kappa shape index (κ2) is 10.2. The number of halogens is 1. The number of rotatable bonds is 9. The van der Waals surface area contributed by atoms with Crippen LogP contribution in [0.2, 0.25) is 5.02 Å². The number of carbonyl (C=O) groups is 2. The van der Waals surface area contributed by atoms with Crippen LogP contribution in [0.25, 0.3) is 6.08 Å². The van der Waals surface area contributed by atoms with Crippen molar-refractivity contribution in [3.8, 4) is 5.75 Å². The van der Waals surface area contributed by atoms with Gasteiger partial charge in [-0.05, 0) is 42.5 Å². The predicted octanol–water partition coefficient (Wildman–Crippen LogP) is 2.65. The maximum absolute atomic E-state index is 11.7. The average molecular weight is 363 g/mol. The molecular weight excluding hydrogens is 344 g/mol. The van der Waals surface area contributed by atoms with Gasteiger partial charge in [-0.25, -0.2) is 0 Å². The number of amides is 2. The standard InChI is InChI=1S/C18H19ClN2O4/c19-14-3-5-16(6-4-14)25-13-11-21-18(23)9-10-20-17(22)8-7-15-2-1-12-24-15/h1-8,12H,9-11,13H2,(H,20,22)(H,21,23)/b8-7+. The Morgan fingerprint density at radius 2 is 1.92 bits per heavy atom. The Labute approximate surface area is 150 Å². The zero-order valence-corrected chi connectivity index (χ0v) is 14.3. The Hall–Kier alpha value is -2.73. The van der Waals surface area contributed by atoms with E-state index in [-0.39, 0.29) is 24.8 Å². The molecule has 0 aliphatic rings. The Morgan fingerprint density at radius 3 is 2.64 bits per heavy atom. The van der Waals surface area contributed by atoms with Gasteiger partial charge in [0.15, 0.2) is 0 Å². The first-order valence-electron chi connectivity index (χ1n) is 7.78. The summed E-state index contributed by atoms with van der Waals surface area (Å²) in [6, 6.07) is 10.5. The molecule has 1 aromatic heterocycles. The fourth-order valence-corrected chi connectivity index (χ4v) is 2.01. The van der Waals surface area contributed by atoms with Crippen LogP contribution in [0.15, 0.2) is 53.2 Å². The Kier molecular flexibility index (Phi) is 7.59. The zero-order chi connectivity index (χ0) is 17.9. The van der Waals surface area contributed by atoms with Gasteiger partial charge in [0.1, 0.15) is 18.1 Å². The molecule has 0 saturated heterocycles. The predicted molar refractivity (Wildman–Crippen MR) is 95.3 cm³/mol. The quantitative estimate of drug-likeness (QED) is 0.531. The lowest BCUT2D eigenvalue weighted by atomic mass is 10.3. The molecule has 0 aliphatic heterocycles. The minimum atomic E-state index is -0.282. The minimum Gasteiger partial charge on any atom is -0.492 e. The molecule has 25 heavy (non-hydrogen) atoms. The molecule has 1 heterocycles. The summed E-state index contributed by atoms with van der Waals surface area (Å²) >= 11 is 5.78. The van der Waals surface area contributed by atoms with Crippen LogP contribution in [0, 0.1) is 0 Å². The summed E-state index contributed by atoms with van der Waals surface area (Å²) in [4.78, 5) is 23.2. The van der Waals surface area contributed by atoms with Crippen LogP contribution >= 0.6 is 11.6 Å². The normalized spacial score (nSPS) is 10.6. The van der Waals surface area contributed by atoms with Crippen molar-refractivity contribution < 1.29 is 18.7 Å². The summed E-state index contributed by atoms with van der Waals surface area (Å²) in [5, 5.41) is 5.98. The van der Waals surface area contributed by atoms with Crippen LogP contribution in [0.3, 0.4) is 0 Å². The molecule has 1 aromatic carbocycles. The van der Waals surface area contributed by atoms with E-state index >= 15 is 0 Å². The largest absolute Gasteiger partial charge is 0.492 e. The average Bonchev–Trinajstić information content (AvgIpc) is 3.12. The van der Waals surface area contributed by atoms with Gasteiger partial charge >= 0.3 is 0 Å². The van der Waals surface area contributed by atoms with E-state index in [0.29, 0.717) is 29.7 Å². The Bertz CT molecular complexity index is 696. The molecule has 2 aromatic rings. The van der Waals surface area contributed by atoms with Gasteiger partial charge in [-0.2, -0.15) is 0 Å². The molecule has 0 spiro atoms. The number of benzene rings is 1. The van der Waals surface area contributed by atoms with Crippen molar-refractivity contribution in [1.82, 2.24) is 10.6 Å². The SMILES string of the molecule is O=C(/C=C/c1ccco1)NCCC(=O)NCCOc1ccc(Cl)cc1. The highest BCUT2D eigenvalue weighted by Crippen LogP contribution is 2.15. The maximum atomic E-state index is 11.7. The molecule has 0 saturated carbocycles. The second-order valence-corrected chi connectivity index (χ2v) is 5.48. The third-order valence-electron chi connectivity index (χ3n) is 3.10. The van der Waals surface area contributed by atoms with Crippen molar-refractivity contribution in [3.63, 3.8) is 0 Å². The van der Waals surface area contributed by atoms with Gasteiger partial charge in [0.05, 0.1) is 12.8 Å². The minimum absolute atomic E-state index is 0.157. The van der Waals surface area contributed by atoms with Crippen molar-refractivity contribution in [2.75, 3.05) is 19.7 Å². The van der Waals surface area contributed by atoms with Crippen LogP contribution in [-0.2, 0) is 9.59 Å². The van der Waals surface area contributed by atoms with Crippen molar-refractivity contribution in [2.24, 2.45) is 0 Å². The summed E-state index contributed by atoms with van der Waals surface area (Å²) in [6.07, 6.45) is 4.64. The summed E-state index contributed by atoms with van der Waals surface area (Å²) in [5.74, 6) is 0.841. The lowest BCUT2D eigenvalue weighted by Gasteiger charge is -2.08. The molecular formula is C18H19ClN2O4. The lowest BCUT2D eigenvalue weighted by molar-refractivity contribution is -0.121. The molecule has 0 fully saturated rings. The second-order valence-electron chi connectivity index (χ2n) is 5.04. The van der Waals surface area contributed by atoms with Crippen LogP contribution in [-0.4, -0.2) is 31.5 Å². The molecule has 0 aliphatic carbocycles. The van der Waals surface area contributed by atoms with Gasteiger partial charge in [-0.15, -0.1) is 0 Å². The van der Waals surface area contributed by atoms with E-state index in [0.717, 1.165) is 0 Å². The molecule has 0 radical (unpaired) electrons. The molecule has 6 nitrogen and oxygen atoms in total. The molecule has 2 rings (SSSR count). The summed E-state index contributed by atoms with van der Waals surface area (Å²) in [7, 11) is 0. The third kappa shape index (κ3) is 7.58. The van der Waals surface area contributed by atoms with E-state index < -0.39 is 0 Å². The van der Waals surface area contributed by atoms with E-state index in [1.165, 1.54) is 12.3 Å². The molecule has 7 heteroatoms. The number of hydrogen-bond donors (Lipinski definition) is 2. The highest BCUT2D eigenvalue weighted by atomic mass is 35.5. The molecule has 2 N–H and O–H groups in total. The van der Waals surface area contributed by atoms with Crippen molar-refractivity contribution in [1.29, 1.82) is 0 Å². The fourth-order valence-electron chi connectivity index (χ4n) is 1.88. The van der Waals surface area contributed by atoms with Gasteiger partial charge in [0.25, 0.3) is 0 Å². The van der Waals surface area contributed by atoms with E-state index in [2.05, 4.69) is 10.6 Å². The monoisotopic (exact) mass is 362 g/mol. The lowest BCUT2D eigenvalue weighted by Crippen LogP contribution is -2.32. The molecule has 132 valence electrons. The van der Waals surface area contributed by atoms with Crippen LogP contribution in [0.5, 0.6) is 5.75 Å². The van der Waals surface area contributed by atoms with Crippen LogP contribution < -0.4 is 15.4 Å². The first-order chi connectivity index (χ1) is 12.1. The van der Waals surface area contributed by atoms with Gasteiger partial charge in [-0.1, -0.05) is 11.6 Å².